The van der Waals surface area contributed by atoms with E-state index in [0.29, 0.717) is 6.42 Å². The second kappa shape index (κ2) is 5.99. The number of hydrogen-bond donors (Lipinski definition) is 1. The molecular formula is C11H9ClFNO2. The van der Waals surface area contributed by atoms with E-state index in [0.717, 1.165) is 6.07 Å². The molecular weight excluding hydrogens is 233 g/mol. The van der Waals surface area contributed by atoms with Crippen LogP contribution in [-0.4, -0.2) is 17.9 Å². The van der Waals surface area contributed by atoms with Gasteiger partial charge in [0.25, 0.3) is 0 Å². The van der Waals surface area contributed by atoms with E-state index in [2.05, 4.69) is 11.1 Å². The summed E-state index contributed by atoms with van der Waals surface area (Å²) in [5.41, 5.74) is 0.270. The van der Waals surface area contributed by atoms with Crippen LogP contribution >= 0.6 is 11.6 Å². The Morgan fingerprint density at radius 1 is 1.62 bits per heavy atom. The largest absolute Gasteiger partial charge is 0.507 e. The third-order valence-corrected chi connectivity index (χ3v) is 1.96. The Bertz CT molecular complexity index is 440. The lowest BCUT2D eigenvalue weighted by molar-refractivity contribution is 0.152. The van der Waals surface area contributed by atoms with Gasteiger partial charge in [-0.05, 0) is 6.07 Å². The van der Waals surface area contributed by atoms with Crippen molar-refractivity contribution in [2.75, 3.05) is 6.61 Å². The van der Waals surface area contributed by atoms with E-state index in [9.17, 15) is 9.50 Å². The van der Waals surface area contributed by atoms with Crippen molar-refractivity contribution in [3.63, 3.8) is 0 Å². The molecule has 0 radical (unpaired) electrons. The van der Waals surface area contributed by atoms with E-state index < -0.39 is 5.82 Å². The maximum absolute atomic E-state index is 12.9. The Kier molecular flexibility index (Phi) is 4.62. The van der Waals surface area contributed by atoms with Crippen molar-refractivity contribution in [3.8, 4) is 18.1 Å². The molecule has 0 aliphatic rings. The lowest BCUT2D eigenvalue weighted by Gasteiger charge is -2.00. The van der Waals surface area contributed by atoms with Crippen LogP contribution in [0, 0.1) is 18.2 Å². The lowest BCUT2D eigenvalue weighted by atomic mass is 10.2. The maximum Gasteiger partial charge on any atom is 0.145 e. The molecule has 0 spiro atoms. The Morgan fingerprint density at radius 2 is 2.38 bits per heavy atom. The number of oxime groups is 1. The van der Waals surface area contributed by atoms with Gasteiger partial charge in [0.15, 0.2) is 0 Å². The van der Waals surface area contributed by atoms with Gasteiger partial charge in [0.2, 0.25) is 0 Å². The van der Waals surface area contributed by atoms with E-state index in [-0.39, 0.29) is 22.9 Å². The molecule has 1 aromatic carbocycles. The fourth-order valence-electron chi connectivity index (χ4n) is 0.906. The van der Waals surface area contributed by atoms with Crippen LogP contribution in [0.4, 0.5) is 4.39 Å². The summed E-state index contributed by atoms with van der Waals surface area (Å²) >= 11 is 5.53. The fraction of sp³-hybridized carbons (Fsp3) is 0.182. The van der Waals surface area contributed by atoms with Crippen molar-refractivity contribution in [3.05, 3.63) is 28.5 Å². The van der Waals surface area contributed by atoms with Crippen molar-refractivity contribution in [1.82, 2.24) is 0 Å². The average molecular weight is 242 g/mol. The van der Waals surface area contributed by atoms with Crippen LogP contribution in [0.15, 0.2) is 17.3 Å². The smallest absolute Gasteiger partial charge is 0.145 e. The van der Waals surface area contributed by atoms with Crippen molar-refractivity contribution < 1.29 is 14.3 Å². The summed E-state index contributed by atoms with van der Waals surface area (Å²) in [4.78, 5) is 4.78. The zero-order valence-corrected chi connectivity index (χ0v) is 9.04. The molecule has 0 saturated heterocycles. The minimum Gasteiger partial charge on any atom is -0.507 e. The molecule has 1 aromatic rings. The molecule has 0 aliphatic carbocycles. The Balaban J connectivity index is 2.67. The Hall–Kier alpha value is -1.73. The van der Waals surface area contributed by atoms with Crippen molar-refractivity contribution in [1.29, 1.82) is 0 Å². The quantitative estimate of drug-likeness (QED) is 0.381. The highest BCUT2D eigenvalue weighted by molar-refractivity contribution is 6.31. The lowest BCUT2D eigenvalue weighted by Crippen LogP contribution is -1.89. The summed E-state index contributed by atoms with van der Waals surface area (Å²) in [5, 5.41) is 12.8. The second-order valence-electron chi connectivity index (χ2n) is 2.85. The molecule has 0 aliphatic heterocycles. The molecule has 0 heterocycles. The van der Waals surface area contributed by atoms with E-state index >= 15 is 0 Å². The van der Waals surface area contributed by atoms with E-state index in [4.69, 9.17) is 22.9 Å². The Labute approximate surface area is 97.5 Å². The summed E-state index contributed by atoms with van der Waals surface area (Å²) in [5.74, 6) is 1.43. The van der Waals surface area contributed by atoms with Gasteiger partial charge in [-0.2, -0.15) is 0 Å². The number of phenols is 1. The van der Waals surface area contributed by atoms with E-state index in [1.54, 1.807) is 0 Å². The summed E-state index contributed by atoms with van der Waals surface area (Å²) in [6.07, 6.45) is 6.67. The summed E-state index contributed by atoms with van der Waals surface area (Å²) in [7, 11) is 0. The molecule has 3 nitrogen and oxygen atoms in total. The van der Waals surface area contributed by atoms with Gasteiger partial charge < -0.3 is 9.94 Å². The first-order valence-electron chi connectivity index (χ1n) is 4.42. The molecule has 1 rings (SSSR count). The molecule has 1 N–H and O–H groups in total. The van der Waals surface area contributed by atoms with Gasteiger partial charge >= 0.3 is 0 Å². The first-order valence-corrected chi connectivity index (χ1v) is 4.79. The van der Waals surface area contributed by atoms with E-state index in [1.165, 1.54) is 12.3 Å². The Morgan fingerprint density at radius 3 is 3.06 bits per heavy atom. The van der Waals surface area contributed by atoms with Crippen LogP contribution < -0.4 is 0 Å². The van der Waals surface area contributed by atoms with Crippen molar-refractivity contribution in [2.24, 2.45) is 5.16 Å². The zero-order valence-electron chi connectivity index (χ0n) is 8.28. The number of aromatic hydroxyl groups is 1. The molecule has 0 amide bonds. The predicted octanol–water partition coefficient (Wildman–Crippen LogP) is 2.56. The number of terminal acetylenes is 1. The molecule has 0 saturated carbocycles. The van der Waals surface area contributed by atoms with E-state index in [1.807, 2.05) is 0 Å². The number of hydrogen-bond acceptors (Lipinski definition) is 3. The van der Waals surface area contributed by atoms with Crippen molar-refractivity contribution in [2.45, 2.75) is 6.42 Å². The molecule has 0 fully saturated rings. The molecule has 0 bridgehead atoms. The first kappa shape index (κ1) is 12.3. The van der Waals surface area contributed by atoms with Gasteiger partial charge in [0.05, 0.1) is 11.2 Å². The molecule has 0 aromatic heterocycles. The van der Waals surface area contributed by atoms with Crippen LogP contribution in [0.5, 0.6) is 5.75 Å². The van der Waals surface area contributed by atoms with Gasteiger partial charge in [-0.15, -0.1) is 12.3 Å². The zero-order chi connectivity index (χ0) is 12.0. The minimum atomic E-state index is -0.690. The van der Waals surface area contributed by atoms with Crippen LogP contribution in [0.25, 0.3) is 0 Å². The third kappa shape index (κ3) is 3.44. The van der Waals surface area contributed by atoms with Crippen LogP contribution in [-0.2, 0) is 4.84 Å². The normalized spacial score (nSPS) is 10.3. The summed E-state index contributed by atoms with van der Waals surface area (Å²) < 4.78 is 12.9. The summed E-state index contributed by atoms with van der Waals surface area (Å²) in [6, 6.07) is 2.16. The number of nitrogens with zero attached hydrogens (tertiary/aromatic N) is 1. The molecule has 16 heavy (non-hydrogen) atoms. The minimum absolute atomic E-state index is 0.0946. The highest BCUT2D eigenvalue weighted by atomic mass is 35.5. The van der Waals surface area contributed by atoms with Gasteiger partial charge in [-0.1, -0.05) is 16.8 Å². The topological polar surface area (TPSA) is 41.8 Å². The standard InChI is InChI=1S/C11H9ClFNO2/c1-2-3-4-16-14-7-8-5-9(12)10(13)6-11(8)15/h1,5-7,15H,3-4H2/b14-7+. The second-order valence-corrected chi connectivity index (χ2v) is 3.25. The van der Waals surface area contributed by atoms with Gasteiger partial charge in [0.1, 0.15) is 18.2 Å². The molecule has 84 valence electrons. The van der Waals surface area contributed by atoms with Gasteiger partial charge in [-0.3, -0.25) is 0 Å². The van der Waals surface area contributed by atoms with Gasteiger partial charge in [0, 0.05) is 18.1 Å². The van der Waals surface area contributed by atoms with Crippen molar-refractivity contribution >= 4 is 17.8 Å². The average Bonchev–Trinajstić information content (AvgIpc) is 2.25. The molecule has 0 unspecified atom stereocenters. The number of halogens is 2. The van der Waals surface area contributed by atoms with Crippen LogP contribution in [0.1, 0.15) is 12.0 Å². The first-order chi connectivity index (χ1) is 7.65. The van der Waals surface area contributed by atoms with Gasteiger partial charge in [-0.25, -0.2) is 4.39 Å². The number of benzene rings is 1. The van der Waals surface area contributed by atoms with Crippen LogP contribution in [0.3, 0.4) is 0 Å². The highest BCUT2D eigenvalue weighted by Crippen LogP contribution is 2.23. The number of phenolic OH excluding ortho intramolecular Hbond substituents is 1. The predicted molar refractivity (Wildman–Crippen MR) is 60.1 cm³/mol. The summed E-state index contributed by atoms with van der Waals surface area (Å²) in [6.45, 7) is 0.280. The highest BCUT2D eigenvalue weighted by Gasteiger charge is 2.05. The molecule has 5 heteroatoms. The fourth-order valence-corrected chi connectivity index (χ4v) is 1.08. The number of rotatable bonds is 4. The monoisotopic (exact) mass is 241 g/mol. The SMILES string of the molecule is C#CCCO/N=C/c1cc(Cl)c(F)cc1O. The van der Waals surface area contributed by atoms with Crippen LogP contribution in [0.2, 0.25) is 5.02 Å². The third-order valence-electron chi connectivity index (χ3n) is 1.67. The molecule has 0 atom stereocenters. The maximum atomic E-state index is 12.9.